The van der Waals surface area contributed by atoms with E-state index in [-0.39, 0.29) is 18.3 Å². The number of anilines is 1. The number of carbonyl (C=O) groups excluding carboxylic acids is 2. The largest absolute Gasteiger partial charge is 0.462 e. The summed E-state index contributed by atoms with van der Waals surface area (Å²) in [6.07, 6.45) is 0.781. The molecule has 2 heterocycles. The van der Waals surface area contributed by atoms with Crippen LogP contribution in [0.15, 0.2) is 41.6 Å². The maximum absolute atomic E-state index is 12.6. The minimum Gasteiger partial charge on any atom is -0.462 e. The summed E-state index contributed by atoms with van der Waals surface area (Å²) in [5.41, 5.74) is 1.38. The summed E-state index contributed by atoms with van der Waals surface area (Å²) in [6.45, 7) is 6.76. The van der Waals surface area contributed by atoms with Crippen LogP contribution in [0.3, 0.4) is 0 Å². The molecule has 0 atom stereocenters. The first kappa shape index (κ1) is 22.0. The van der Waals surface area contributed by atoms with Crippen molar-refractivity contribution in [2.75, 3.05) is 17.7 Å². The smallest absolute Gasteiger partial charge is 0.341 e. The first-order valence-electron chi connectivity index (χ1n) is 9.78. The molecule has 0 spiro atoms. The zero-order chi connectivity index (χ0) is 21.5. The Morgan fingerprint density at radius 1 is 1.17 bits per heavy atom. The minimum absolute atomic E-state index is 0.161. The number of nitrogens with one attached hydrogen (secondary N) is 1. The second-order valence-corrected chi connectivity index (χ2v) is 8.36. The van der Waals surface area contributed by atoms with Crippen LogP contribution < -0.4 is 5.32 Å². The van der Waals surface area contributed by atoms with Crippen molar-refractivity contribution in [1.82, 2.24) is 14.8 Å². The quantitative estimate of drug-likeness (QED) is 0.386. The first-order valence-corrected chi connectivity index (χ1v) is 11.6. The van der Waals surface area contributed by atoms with E-state index in [4.69, 9.17) is 4.74 Å². The number of esters is 1. The number of nitrogens with zero attached hydrogens (tertiary/aromatic N) is 3. The fraction of sp³-hybridized carbons (Fsp3) is 0.333. The Hall–Kier alpha value is -2.65. The van der Waals surface area contributed by atoms with Crippen LogP contribution in [0.4, 0.5) is 5.00 Å². The van der Waals surface area contributed by atoms with Crippen molar-refractivity contribution >= 4 is 40.0 Å². The average Bonchev–Trinajstić information content (AvgIpc) is 3.36. The van der Waals surface area contributed by atoms with Gasteiger partial charge < -0.3 is 14.6 Å². The maximum Gasteiger partial charge on any atom is 0.341 e. The van der Waals surface area contributed by atoms with Gasteiger partial charge in [-0.1, -0.05) is 49.0 Å². The van der Waals surface area contributed by atoms with E-state index in [0.29, 0.717) is 22.3 Å². The van der Waals surface area contributed by atoms with Gasteiger partial charge >= 0.3 is 5.97 Å². The average molecular weight is 445 g/mol. The number of hydrogen-bond donors (Lipinski definition) is 1. The van der Waals surface area contributed by atoms with Crippen LogP contribution in [0.1, 0.15) is 36.0 Å². The number of thioether (sulfide) groups is 1. The van der Waals surface area contributed by atoms with E-state index in [2.05, 4.69) is 15.5 Å². The fourth-order valence-electron chi connectivity index (χ4n) is 2.84. The van der Waals surface area contributed by atoms with Crippen LogP contribution in [-0.4, -0.2) is 39.0 Å². The molecule has 0 fully saturated rings. The third-order valence-electron chi connectivity index (χ3n) is 4.28. The highest BCUT2D eigenvalue weighted by molar-refractivity contribution is 7.99. The Bertz CT molecular complexity index is 1010. The Labute approximate surface area is 183 Å². The molecule has 0 bridgehead atoms. The SMILES string of the molecule is CCOC(=O)c1cc(CC)sc1NC(=O)CSc1nnc(-c2ccccc2)n1CC. The Morgan fingerprint density at radius 3 is 2.60 bits per heavy atom. The van der Waals surface area contributed by atoms with Crippen LogP contribution >= 0.6 is 23.1 Å². The van der Waals surface area contributed by atoms with E-state index < -0.39 is 5.97 Å². The van der Waals surface area contributed by atoms with Gasteiger partial charge in [0.1, 0.15) is 5.00 Å². The Balaban J connectivity index is 1.69. The van der Waals surface area contributed by atoms with E-state index in [9.17, 15) is 9.59 Å². The number of benzene rings is 1. The topological polar surface area (TPSA) is 86.1 Å². The molecule has 2 aromatic heterocycles. The van der Waals surface area contributed by atoms with Crippen molar-refractivity contribution in [3.63, 3.8) is 0 Å². The lowest BCUT2D eigenvalue weighted by Crippen LogP contribution is -2.16. The molecule has 158 valence electrons. The first-order chi connectivity index (χ1) is 14.6. The molecular formula is C21H24N4O3S2. The lowest BCUT2D eigenvalue weighted by molar-refractivity contribution is -0.113. The third kappa shape index (κ3) is 5.09. The number of ether oxygens (including phenoxy) is 1. The number of thiophene rings is 1. The predicted molar refractivity (Wildman–Crippen MR) is 120 cm³/mol. The minimum atomic E-state index is -0.422. The van der Waals surface area contributed by atoms with Gasteiger partial charge in [-0.25, -0.2) is 4.79 Å². The molecule has 1 N–H and O–H groups in total. The number of carbonyl (C=O) groups is 2. The van der Waals surface area contributed by atoms with Crippen LogP contribution in [0.5, 0.6) is 0 Å². The number of aromatic nitrogens is 3. The Kier molecular flexibility index (Phi) is 7.64. The zero-order valence-electron chi connectivity index (χ0n) is 17.2. The molecule has 1 aromatic carbocycles. The molecular weight excluding hydrogens is 420 g/mol. The van der Waals surface area contributed by atoms with Crippen molar-refractivity contribution in [1.29, 1.82) is 0 Å². The number of amides is 1. The van der Waals surface area contributed by atoms with Crippen LogP contribution in [0.25, 0.3) is 11.4 Å². The van der Waals surface area contributed by atoms with Crippen molar-refractivity contribution < 1.29 is 14.3 Å². The molecule has 1 amide bonds. The van der Waals surface area contributed by atoms with Gasteiger partial charge in [0.15, 0.2) is 11.0 Å². The molecule has 0 saturated heterocycles. The van der Waals surface area contributed by atoms with Gasteiger partial charge in [0.2, 0.25) is 5.91 Å². The monoisotopic (exact) mass is 444 g/mol. The van der Waals surface area contributed by atoms with Gasteiger partial charge in [0, 0.05) is 17.0 Å². The lowest BCUT2D eigenvalue weighted by atomic mass is 10.2. The molecule has 9 heteroatoms. The molecule has 30 heavy (non-hydrogen) atoms. The van der Waals surface area contributed by atoms with Gasteiger partial charge in [0.25, 0.3) is 0 Å². The van der Waals surface area contributed by atoms with Crippen LogP contribution in [0.2, 0.25) is 0 Å². The van der Waals surface area contributed by atoms with Crippen molar-refractivity contribution in [3.05, 3.63) is 46.8 Å². The van der Waals surface area contributed by atoms with E-state index in [0.717, 1.165) is 22.7 Å². The summed E-state index contributed by atoms with van der Waals surface area (Å²) in [5, 5.41) is 12.6. The normalized spacial score (nSPS) is 10.8. The summed E-state index contributed by atoms with van der Waals surface area (Å²) in [5.74, 6) is 0.308. The summed E-state index contributed by atoms with van der Waals surface area (Å²) in [6, 6.07) is 11.6. The molecule has 3 aromatic rings. The molecule has 3 rings (SSSR count). The van der Waals surface area contributed by atoms with Gasteiger partial charge in [-0.2, -0.15) is 0 Å². The van der Waals surface area contributed by atoms with Crippen molar-refractivity contribution in [3.8, 4) is 11.4 Å². The summed E-state index contributed by atoms with van der Waals surface area (Å²) < 4.78 is 7.09. The highest BCUT2D eigenvalue weighted by atomic mass is 32.2. The van der Waals surface area contributed by atoms with E-state index in [1.165, 1.54) is 23.1 Å². The zero-order valence-corrected chi connectivity index (χ0v) is 18.8. The van der Waals surface area contributed by atoms with Gasteiger partial charge in [-0.15, -0.1) is 21.5 Å². The molecule has 0 radical (unpaired) electrons. The van der Waals surface area contributed by atoms with Crippen molar-refractivity contribution in [2.24, 2.45) is 0 Å². The second-order valence-electron chi connectivity index (χ2n) is 6.28. The summed E-state index contributed by atoms with van der Waals surface area (Å²) >= 11 is 2.71. The van der Waals surface area contributed by atoms with Crippen molar-refractivity contribution in [2.45, 2.75) is 38.9 Å². The number of aryl methyl sites for hydroxylation is 1. The van der Waals surface area contributed by atoms with Crippen LogP contribution in [0, 0.1) is 0 Å². The summed E-state index contributed by atoms with van der Waals surface area (Å²) in [4.78, 5) is 25.8. The van der Waals surface area contributed by atoms with Gasteiger partial charge in [-0.05, 0) is 26.3 Å². The molecule has 0 aliphatic rings. The van der Waals surface area contributed by atoms with E-state index in [1.807, 2.05) is 48.7 Å². The predicted octanol–water partition coefficient (Wildman–Crippen LogP) is 4.50. The standard InChI is InChI=1S/C21H24N4O3S2/c1-4-15-12-16(20(27)28-6-3)19(30-15)22-17(26)13-29-21-24-23-18(25(21)5-2)14-10-8-7-9-11-14/h7-12H,4-6,13H2,1-3H3,(H,22,26). The maximum atomic E-state index is 12.6. The van der Waals surface area contributed by atoms with Gasteiger partial charge in [-0.3, -0.25) is 4.79 Å². The Morgan fingerprint density at radius 2 is 1.93 bits per heavy atom. The number of hydrogen-bond acceptors (Lipinski definition) is 7. The van der Waals surface area contributed by atoms with E-state index in [1.54, 1.807) is 13.0 Å². The highest BCUT2D eigenvalue weighted by Crippen LogP contribution is 2.30. The third-order valence-corrected chi connectivity index (χ3v) is 6.44. The molecule has 0 aliphatic carbocycles. The number of rotatable bonds is 9. The summed E-state index contributed by atoms with van der Waals surface area (Å²) in [7, 11) is 0. The molecule has 7 nitrogen and oxygen atoms in total. The molecule has 0 saturated carbocycles. The molecule has 0 unspecified atom stereocenters. The van der Waals surface area contributed by atoms with Gasteiger partial charge in [0.05, 0.1) is 17.9 Å². The van der Waals surface area contributed by atoms with E-state index >= 15 is 0 Å². The second kappa shape index (κ2) is 10.4. The lowest BCUT2D eigenvalue weighted by Gasteiger charge is -2.08. The van der Waals surface area contributed by atoms with Crippen LogP contribution in [-0.2, 0) is 22.5 Å². The fourth-order valence-corrected chi connectivity index (χ4v) is 4.65. The highest BCUT2D eigenvalue weighted by Gasteiger charge is 2.20. The molecule has 0 aliphatic heterocycles.